The molecule has 0 aromatic carbocycles. The number of carbonyl (C=O) groups excluding carboxylic acids is 1. The Morgan fingerprint density at radius 1 is 1.42 bits per heavy atom. The molecule has 5 nitrogen and oxygen atoms in total. The van der Waals surface area contributed by atoms with Crippen LogP contribution in [0.1, 0.15) is 51.3 Å². The second kappa shape index (κ2) is 6.74. The molecule has 0 radical (unpaired) electrons. The van der Waals surface area contributed by atoms with Gasteiger partial charge in [-0.2, -0.15) is 13.2 Å². The smallest absolute Gasteiger partial charge is 0.374 e. The van der Waals surface area contributed by atoms with Gasteiger partial charge < -0.3 is 15.0 Å². The molecule has 1 fully saturated rings. The van der Waals surface area contributed by atoms with Crippen molar-refractivity contribution >= 4 is 5.91 Å². The first-order chi connectivity index (χ1) is 11.1. The number of amides is 1. The molecule has 1 aromatic heterocycles. The number of carbonyl (C=O) groups is 1. The molecule has 1 unspecified atom stereocenters. The summed E-state index contributed by atoms with van der Waals surface area (Å²) < 4.78 is 41.3. The Bertz CT molecular complexity index is 579. The second-order valence-electron chi connectivity index (χ2n) is 6.73. The molecular weight excluding hydrogens is 323 g/mol. The summed E-state index contributed by atoms with van der Waals surface area (Å²) in [4.78, 5) is 15.7. The van der Waals surface area contributed by atoms with Crippen LogP contribution in [0.3, 0.4) is 0 Å². The Hall–Kier alpha value is -1.57. The van der Waals surface area contributed by atoms with Crippen LogP contribution in [0.4, 0.5) is 13.2 Å². The lowest BCUT2D eigenvalue weighted by molar-refractivity contribution is -0.271. The first-order valence-corrected chi connectivity index (χ1v) is 8.17. The van der Waals surface area contributed by atoms with Crippen molar-refractivity contribution in [3.8, 4) is 0 Å². The third kappa shape index (κ3) is 3.58. The molecule has 0 aliphatic heterocycles. The maximum absolute atomic E-state index is 13.4. The van der Waals surface area contributed by atoms with Gasteiger partial charge in [0, 0.05) is 26.0 Å². The zero-order chi connectivity index (χ0) is 18.0. The number of alkyl halides is 3. The zero-order valence-corrected chi connectivity index (χ0v) is 14.0. The number of imidazole rings is 1. The van der Waals surface area contributed by atoms with Gasteiger partial charge in [0.1, 0.15) is 0 Å². The summed E-state index contributed by atoms with van der Waals surface area (Å²) in [6, 6.07) is 0. The molecule has 136 valence electrons. The van der Waals surface area contributed by atoms with Gasteiger partial charge in [-0.25, -0.2) is 4.98 Å². The van der Waals surface area contributed by atoms with Crippen LogP contribution in [-0.2, 0) is 17.4 Å². The Balaban J connectivity index is 2.10. The highest BCUT2D eigenvalue weighted by atomic mass is 19.4. The van der Waals surface area contributed by atoms with E-state index in [-0.39, 0.29) is 5.41 Å². The van der Waals surface area contributed by atoms with Crippen molar-refractivity contribution in [3.05, 3.63) is 18.2 Å². The fourth-order valence-corrected chi connectivity index (χ4v) is 3.43. The molecule has 1 aliphatic carbocycles. The largest absolute Gasteiger partial charge is 0.425 e. The lowest BCUT2D eigenvalue weighted by atomic mass is 9.83. The van der Waals surface area contributed by atoms with Gasteiger partial charge in [-0.1, -0.05) is 19.8 Å². The third-order valence-corrected chi connectivity index (χ3v) is 5.15. The van der Waals surface area contributed by atoms with Gasteiger partial charge in [-0.3, -0.25) is 4.79 Å². The van der Waals surface area contributed by atoms with E-state index < -0.39 is 29.9 Å². The van der Waals surface area contributed by atoms with Gasteiger partial charge in [-0.15, -0.1) is 0 Å². The van der Waals surface area contributed by atoms with Crippen LogP contribution < -0.4 is 5.32 Å². The lowest BCUT2D eigenvalue weighted by Gasteiger charge is -2.31. The first-order valence-electron chi connectivity index (χ1n) is 8.17. The fraction of sp³-hybridized carbons (Fsp3) is 0.750. The summed E-state index contributed by atoms with van der Waals surface area (Å²) in [5.74, 6) is -1.41. The number of nitrogens with zero attached hydrogens (tertiary/aromatic N) is 2. The van der Waals surface area contributed by atoms with Crippen molar-refractivity contribution in [1.29, 1.82) is 0 Å². The molecule has 8 heteroatoms. The minimum atomic E-state index is -5.00. The maximum atomic E-state index is 13.4. The van der Waals surface area contributed by atoms with Crippen molar-refractivity contribution < 1.29 is 23.1 Å². The zero-order valence-electron chi connectivity index (χ0n) is 14.0. The van der Waals surface area contributed by atoms with E-state index in [4.69, 9.17) is 0 Å². The SMILES string of the molecule is CCC1(CNC(=O)CC(O)(c2nccn2C)C(F)(F)F)CCCC1. The van der Waals surface area contributed by atoms with Crippen LogP contribution in [0.15, 0.2) is 12.4 Å². The molecule has 0 saturated heterocycles. The quantitative estimate of drug-likeness (QED) is 0.831. The number of aliphatic hydroxyl groups is 1. The van der Waals surface area contributed by atoms with Crippen LogP contribution in [0, 0.1) is 5.41 Å². The van der Waals surface area contributed by atoms with Crippen molar-refractivity contribution in [3.63, 3.8) is 0 Å². The van der Waals surface area contributed by atoms with Gasteiger partial charge in [0.05, 0.1) is 6.42 Å². The summed E-state index contributed by atoms with van der Waals surface area (Å²) in [6.07, 6.45) is 1.31. The number of aryl methyl sites for hydroxylation is 1. The topological polar surface area (TPSA) is 67.2 Å². The van der Waals surface area contributed by atoms with Crippen molar-refractivity contribution in [2.75, 3.05) is 6.54 Å². The maximum Gasteiger partial charge on any atom is 0.425 e. The van der Waals surface area contributed by atoms with E-state index in [1.54, 1.807) is 0 Å². The van der Waals surface area contributed by atoms with Gasteiger partial charge in [0.15, 0.2) is 5.82 Å². The van der Waals surface area contributed by atoms with Crippen molar-refractivity contribution in [2.45, 2.75) is 57.2 Å². The summed E-state index contributed by atoms with van der Waals surface area (Å²) in [6.45, 7) is 2.37. The summed E-state index contributed by atoms with van der Waals surface area (Å²) in [7, 11) is 1.35. The molecule has 2 N–H and O–H groups in total. The number of halogens is 3. The predicted molar refractivity (Wildman–Crippen MR) is 82.0 cm³/mol. The molecular formula is C16H24F3N3O2. The highest BCUT2D eigenvalue weighted by molar-refractivity contribution is 5.77. The molecule has 1 aliphatic rings. The standard InChI is InChI=1S/C16H24F3N3O2/c1-3-14(6-4-5-7-14)11-21-12(23)10-15(24,16(17,18)19)13-20-8-9-22(13)2/h8-9,24H,3-7,10-11H2,1-2H3,(H,21,23). The minimum absolute atomic E-state index is 0.0325. The monoisotopic (exact) mass is 347 g/mol. The van der Waals surface area contributed by atoms with Crippen LogP contribution in [0.2, 0.25) is 0 Å². The normalized spacial score (nSPS) is 19.9. The van der Waals surface area contributed by atoms with E-state index in [1.807, 2.05) is 6.92 Å². The van der Waals surface area contributed by atoms with Crippen LogP contribution in [0.5, 0.6) is 0 Å². The first kappa shape index (κ1) is 18.8. The van der Waals surface area contributed by atoms with Gasteiger partial charge >= 0.3 is 6.18 Å². The Morgan fingerprint density at radius 2 is 2.04 bits per heavy atom. The number of aromatic nitrogens is 2. The van der Waals surface area contributed by atoms with Crippen LogP contribution >= 0.6 is 0 Å². The molecule has 1 saturated carbocycles. The van der Waals surface area contributed by atoms with Crippen LogP contribution in [-0.4, -0.2) is 33.3 Å². The molecule has 1 heterocycles. The van der Waals surface area contributed by atoms with E-state index in [1.165, 1.54) is 13.2 Å². The molecule has 0 spiro atoms. The van der Waals surface area contributed by atoms with Gasteiger partial charge in [0.2, 0.25) is 11.5 Å². The average Bonchev–Trinajstić information content (AvgIpc) is 3.13. The number of nitrogens with one attached hydrogen (secondary N) is 1. The average molecular weight is 347 g/mol. The summed E-state index contributed by atoms with van der Waals surface area (Å²) in [5.41, 5.74) is -3.33. The van der Waals surface area contributed by atoms with E-state index in [0.717, 1.165) is 42.9 Å². The lowest BCUT2D eigenvalue weighted by Crippen LogP contribution is -2.48. The summed E-state index contributed by atoms with van der Waals surface area (Å²) in [5, 5.41) is 12.8. The van der Waals surface area contributed by atoms with Crippen LogP contribution in [0.25, 0.3) is 0 Å². The van der Waals surface area contributed by atoms with E-state index in [0.29, 0.717) is 6.54 Å². The number of hydrogen-bond donors (Lipinski definition) is 2. The molecule has 0 bridgehead atoms. The minimum Gasteiger partial charge on any atom is -0.374 e. The van der Waals surface area contributed by atoms with Crippen molar-refractivity contribution in [1.82, 2.24) is 14.9 Å². The molecule has 1 atom stereocenters. The highest BCUT2D eigenvalue weighted by Crippen LogP contribution is 2.42. The molecule has 2 rings (SSSR count). The molecule has 1 amide bonds. The fourth-order valence-electron chi connectivity index (χ4n) is 3.43. The Labute approximate surface area is 139 Å². The summed E-state index contributed by atoms with van der Waals surface area (Å²) >= 11 is 0. The predicted octanol–water partition coefficient (Wildman–Crippen LogP) is 2.65. The third-order valence-electron chi connectivity index (χ3n) is 5.15. The highest BCUT2D eigenvalue weighted by Gasteiger charge is 2.58. The Kier molecular flexibility index (Phi) is 5.27. The van der Waals surface area contributed by atoms with E-state index >= 15 is 0 Å². The molecule has 1 aromatic rings. The van der Waals surface area contributed by atoms with Crippen molar-refractivity contribution in [2.24, 2.45) is 12.5 Å². The number of hydrogen-bond acceptors (Lipinski definition) is 3. The number of rotatable bonds is 6. The van der Waals surface area contributed by atoms with E-state index in [2.05, 4.69) is 10.3 Å². The van der Waals surface area contributed by atoms with Gasteiger partial charge in [-0.05, 0) is 24.7 Å². The van der Waals surface area contributed by atoms with Gasteiger partial charge in [0.25, 0.3) is 0 Å². The second-order valence-corrected chi connectivity index (χ2v) is 6.73. The van der Waals surface area contributed by atoms with E-state index in [9.17, 15) is 23.1 Å². The Morgan fingerprint density at radius 3 is 2.50 bits per heavy atom. The molecule has 24 heavy (non-hydrogen) atoms.